The molecule has 2 heterocycles. The SMILES string of the molecule is CCCC[C@]1(CC)COS(=O)c2ccccc2C2(c3ccccc3)O[C@@H]21. The van der Waals surface area contributed by atoms with Crippen molar-refractivity contribution in [3.05, 3.63) is 65.7 Å². The van der Waals surface area contributed by atoms with Crippen LogP contribution >= 0.6 is 0 Å². The van der Waals surface area contributed by atoms with Gasteiger partial charge in [0.1, 0.15) is 11.7 Å². The summed E-state index contributed by atoms with van der Waals surface area (Å²) >= 11 is -1.47. The highest BCUT2D eigenvalue weighted by atomic mass is 32.2. The Morgan fingerprint density at radius 2 is 1.81 bits per heavy atom. The molecule has 0 bridgehead atoms. The van der Waals surface area contributed by atoms with Gasteiger partial charge in [-0.3, -0.25) is 4.18 Å². The van der Waals surface area contributed by atoms with Crippen LogP contribution in [-0.2, 0) is 25.6 Å². The molecule has 1 saturated heterocycles. The second-order valence-electron chi connectivity index (χ2n) is 7.41. The molecule has 0 radical (unpaired) electrons. The molecule has 26 heavy (non-hydrogen) atoms. The molecule has 0 amide bonds. The Hall–Kier alpha value is -1.49. The number of fused-ring (bicyclic) bond motifs is 3. The van der Waals surface area contributed by atoms with Gasteiger partial charge < -0.3 is 4.74 Å². The van der Waals surface area contributed by atoms with E-state index >= 15 is 0 Å². The van der Waals surface area contributed by atoms with E-state index < -0.39 is 16.7 Å². The lowest BCUT2D eigenvalue weighted by Crippen LogP contribution is -2.38. The number of hydrogen-bond acceptors (Lipinski definition) is 3. The van der Waals surface area contributed by atoms with E-state index in [1.165, 1.54) is 0 Å². The minimum absolute atomic E-state index is 0.0485. The first-order chi connectivity index (χ1) is 12.7. The van der Waals surface area contributed by atoms with Gasteiger partial charge in [0.15, 0.2) is 11.1 Å². The van der Waals surface area contributed by atoms with E-state index in [1.807, 2.05) is 24.3 Å². The minimum Gasteiger partial charge on any atom is -0.355 e. The smallest absolute Gasteiger partial charge is 0.189 e. The Bertz CT molecular complexity index is 806. The minimum atomic E-state index is -1.47. The fourth-order valence-electron chi connectivity index (χ4n) is 4.40. The number of epoxide rings is 1. The fraction of sp³-hybridized carbons (Fsp3) is 0.455. The standard InChI is InChI=1S/C22H26O3S/c1-3-5-15-21(4-2)16-24-26(23)19-14-10-9-13-18(19)22(20(21)25-22)17-11-7-6-8-12-17/h6-14,20H,3-5,15-16H2,1-2H3/t20-,21-,22?,26?/m1/s1. The average Bonchev–Trinajstić information content (AvgIpc) is 3.45. The highest BCUT2D eigenvalue weighted by Crippen LogP contribution is 2.62. The van der Waals surface area contributed by atoms with Crippen molar-refractivity contribution < 1.29 is 13.1 Å². The van der Waals surface area contributed by atoms with E-state index in [9.17, 15) is 4.21 Å². The molecular weight excluding hydrogens is 344 g/mol. The lowest BCUT2D eigenvalue weighted by molar-refractivity contribution is 0.0958. The first-order valence-corrected chi connectivity index (χ1v) is 10.6. The van der Waals surface area contributed by atoms with Crippen molar-refractivity contribution in [2.75, 3.05) is 6.61 Å². The number of ether oxygens (including phenoxy) is 1. The first-order valence-electron chi connectivity index (χ1n) is 9.56. The van der Waals surface area contributed by atoms with E-state index in [0.29, 0.717) is 6.61 Å². The van der Waals surface area contributed by atoms with E-state index in [1.54, 1.807) is 0 Å². The molecule has 1 fully saturated rings. The van der Waals surface area contributed by atoms with Crippen LogP contribution < -0.4 is 0 Å². The van der Waals surface area contributed by atoms with E-state index in [0.717, 1.165) is 41.7 Å². The van der Waals surface area contributed by atoms with E-state index in [-0.39, 0.29) is 11.5 Å². The van der Waals surface area contributed by atoms with Crippen LogP contribution in [0.1, 0.15) is 50.7 Å². The Kier molecular flexibility index (Phi) is 4.76. The van der Waals surface area contributed by atoms with Gasteiger partial charge in [0.2, 0.25) is 0 Å². The van der Waals surface area contributed by atoms with Crippen molar-refractivity contribution in [1.29, 1.82) is 0 Å². The summed E-state index contributed by atoms with van der Waals surface area (Å²) in [5, 5.41) is 0. The number of unbranched alkanes of at least 4 members (excludes halogenated alkanes) is 1. The molecule has 2 aromatic carbocycles. The van der Waals surface area contributed by atoms with Crippen molar-refractivity contribution in [2.24, 2.45) is 5.41 Å². The van der Waals surface area contributed by atoms with Gasteiger partial charge in [-0.25, -0.2) is 4.21 Å². The summed E-state index contributed by atoms with van der Waals surface area (Å²) in [5.74, 6) is 0. The topological polar surface area (TPSA) is 38.8 Å². The average molecular weight is 371 g/mol. The molecule has 2 unspecified atom stereocenters. The maximum Gasteiger partial charge on any atom is 0.189 e. The third kappa shape index (κ3) is 2.67. The summed E-state index contributed by atoms with van der Waals surface area (Å²) in [6.07, 6.45) is 4.28. The monoisotopic (exact) mass is 370 g/mol. The van der Waals surface area contributed by atoms with Crippen LogP contribution in [0, 0.1) is 5.41 Å². The molecule has 4 rings (SSSR count). The third-order valence-corrected chi connectivity index (χ3v) is 7.07. The van der Waals surface area contributed by atoms with Gasteiger partial charge >= 0.3 is 0 Å². The largest absolute Gasteiger partial charge is 0.355 e. The van der Waals surface area contributed by atoms with Crippen molar-refractivity contribution >= 4 is 11.1 Å². The third-order valence-electron chi connectivity index (χ3n) is 6.03. The molecule has 0 spiro atoms. The summed E-state index contributed by atoms with van der Waals surface area (Å²) < 4.78 is 25.4. The predicted molar refractivity (Wildman–Crippen MR) is 103 cm³/mol. The van der Waals surface area contributed by atoms with Crippen LogP contribution in [0.5, 0.6) is 0 Å². The van der Waals surface area contributed by atoms with Crippen molar-refractivity contribution in [3.63, 3.8) is 0 Å². The molecule has 0 saturated carbocycles. The number of benzene rings is 2. The molecular formula is C22H26O3S. The summed E-state index contributed by atoms with van der Waals surface area (Å²) in [6.45, 7) is 4.88. The maximum absolute atomic E-state index is 12.9. The van der Waals surface area contributed by atoms with Crippen LogP contribution in [0.3, 0.4) is 0 Å². The summed E-state index contributed by atoms with van der Waals surface area (Å²) in [6, 6.07) is 18.3. The summed E-state index contributed by atoms with van der Waals surface area (Å²) in [5.41, 5.74) is 1.50. The van der Waals surface area contributed by atoms with Crippen LogP contribution in [0.4, 0.5) is 0 Å². The van der Waals surface area contributed by atoms with Gasteiger partial charge in [-0.05, 0) is 24.5 Å². The second kappa shape index (κ2) is 6.91. The van der Waals surface area contributed by atoms with Gasteiger partial charge in [0.25, 0.3) is 0 Å². The molecule has 4 atom stereocenters. The number of hydrogen-bond donors (Lipinski definition) is 0. The van der Waals surface area contributed by atoms with Gasteiger partial charge in [-0.15, -0.1) is 0 Å². The van der Waals surface area contributed by atoms with Crippen molar-refractivity contribution in [1.82, 2.24) is 0 Å². The zero-order valence-electron chi connectivity index (χ0n) is 15.4. The Morgan fingerprint density at radius 1 is 1.08 bits per heavy atom. The molecule has 0 aliphatic carbocycles. The molecule has 0 N–H and O–H groups in total. The van der Waals surface area contributed by atoms with Crippen molar-refractivity contribution in [2.45, 2.75) is 56.1 Å². The van der Waals surface area contributed by atoms with E-state index in [4.69, 9.17) is 8.92 Å². The van der Waals surface area contributed by atoms with Gasteiger partial charge in [0, 0.05) is 11.0 Å². The summed E-state index contributed by atoms with van der Waals surface area (Å²) in [4.78, 5) is 0.735. The Morgan fingerprint density at radius 3 is 2.54 bits per heavy atom. The van der Waals surface area contributed by atoms with Gasteiger partial charge in [0.05, 0.1) is 11.5 Å². The Labute approximate surface area is 158 Å². The Balaban J connectivity index is 1.89. The number of rotatable bonds is 5. The lowest BCUT2D eigenvalue weighted by atomic mass is 9.71. The van der Waals surface area contributed by atoms with Crippen LogP contribution in [0.25, 0.3) is 0 Å². The summed E-state index contributed by atoms with van der Waals surface area (Å²) in [7, 11) is 0. The van der Waals surface area contributed by atoms with Crippen LogP contribution in [0.2, 0.25) is 0 Å². The molecule has 2 aliphatic heterocycles. The molecule has 3 nitrogen and oxygen atoms in total. The molecule has 2 aromatic rings. The molecule has 2 aliphatic rings. The fourth-order valence-corrected chi connectivity index (χ4v) is 5.46. The van der Waals surface area contributed by atoms with Crippen LogP contribution in [-0.4, -0.2) is 16.9 Å². The van der Waals surface area contributed by atoms with Crippen molar-refractivity contribution in [3.8, 4) is 0 Å². The normalized spacial score (nSPS) is 32.8. The maximum atomic E-state index is 12.9. The zero-order chi connectivity index (χ0) is 18.2. The highest BCUT2D eigenvalue weighted by molar-refractivity contribution is 7.80. The molecule has 0 aromatic heterocycles. The van der Waals surface area contributed by atoms with E-state index in [2.05, 4.69) is 44.2 Å². The zero-order valence-corrected chi connectivity index (χ0v) is 16.3. The van der Waals surface area contributed by atoms with Gasteiger partial charge in [-0.1, -0.05) is 75.2 Å². The second-order valence-corrected chi connectivity index (χ2v) is 8.56. The molecule has 4 heteroatoms. The molecule has 138 valence electrons. The van der Waals surface area contributed by atoms with Crippen LogP contribution in [0.15, 0.2) is 59.5 Å². The van der Waals surface area contributed by atoms with Gasteiger partial charge in [-0.2, -0.15) is 0 Å². The lowest BCUT2D eigenvalue weighted by Gasteiger charge is -2.34. The first kappa shape index (κ1) is 17.9. The highest BCUT2D eigenvalue weighted by Gasteiger charge is 2.68. The quantitative estimate of drug-likeness (QED) is 0.698. The predicted octanol–water partition coefficient (Wildman–Crippen LogP) is 4.97.